The average Bonchev–Trinajstić information content (AvgIpc) is 2.72. The first-order chi connectivity index (χ1) is 13.5. The molecule has 0 spiro atoms. The summed E-state index contributed by atoms with van der Waals surface area (Å²) in [4.78, 5) is 12.2. The van der Waals surface area contributed by atoms with Crippen LogP contribution in [0.3, 0.4) is 0 Å². The van der Waals surface area contributed by atoms with Gasteiger partial charge in [0.2, 0.25) is 0 Å². The molecule has 7 heteroatoms. The van der Waals surface area contributed by atoms with Gasteiger partial charge in [-0.05, 0) is 37.1 Å². The van der Waals surface area contributed by atoms with E-state index in [1.165, 1.54) is 38.3 Å². The Bertz CT molecular complexity index is 587. The van der Waals surface area contributed by atoms with E-state index in [0.717, 1.165) is 37.9 Å². The Hall–Kier alpha value is -1.06. The third-order valence-electron chi connectivity index (χ3n) is 5.31. The first-order valence-electron chi connectivity index (χ1n) is 10.6. The van der Waals surface area contributed by atoms with E-state index >= 15 is 0 Å². The van der Waals surface area contributed by atoms with E-state index in [1.807, 2.05) is 12.1 Å². The van der Waals surface area contributed by atoms with Gasteiger partial charge in [0.15, 0.2) is 5.96 Å². The standard InChI is InChI=1S/C22H39N5O.HI/c1-6-23-22(25(4)18-20-8-10-21(28-5)11-9-20)24-16-19(3)17-27-14-12-26(7-2)13-15-27;/h8-11,19H,6-7,12-18H2,1-5H3,(H,23,24);1H. The second-order valence-corrected chi connectivity index (χ2v) is 7.74. The van der Waals surface area contributed by atoms with Crippen molar-refractivity contribution in [2.45, 2.75) is 27.3 Å². The van der Waals surface area contributed by atoms with E-state index in [-0.39, 0.29) is 24.0 Å². The molecule has 0 bridgehead atoms. The fourth-order valence-electron chi connectivity index (χ4n) is 3.58. The molecule has 1 aromatic carbocycles. The summed E-state index contributed by atoms with van der Waals surface area (Å²) in [6.45, 7) is 16.3. The highest BCUT2D eigenvalue weighted by Crippen LogP contribution is 2.13. The molecule has 29 heavy (non-hydrogen) atoms. The number of piperazine rings is 1. The zero-order valence-corrected chi connectivity index (χ0v) is 21.2. The van der Waals surface area contributed by atoms with Gasteiger partial charge in [0, 0.05) is 59.4 Å². The molecule has 1 heterocycles. The smallest absolute Gasteiger partial charge is 0.193 e. The number of nitrogens with one attached hydrogen (secondary N) is 1. The average molecular weight is 518 g/mol. The number of ether oxygens (including phenoxy) is 1. The maximum atomic E-state index is 5.24. The van der Waals surface area contributed by atoms with Crippen molar-refractivity contribution in [2.24, 2.45) is 10.9 Å². The van der Waals surface area contributed by atoms with Crippen molar-refractivity contribution in [3.63, 3.8) is 0 Å². The van der Waals surface area contributed by atoms with Crippen molar-refractivity contribution in [2.75, 3.05) is 66.5 Å². The van der Waals surface area contributed by atoms with Crippen LogP contribution < -0.4 is 10.1 Å². The van der Waals surface area contributed by atoms with E-state index < -0.39 is 0 Å². The quantitative estimate of drug-likeness (QED) is 0.310. The summed E-state index contributed by atoms with van der Waals surface area (Å²) in [6.07, 6.45) is 0. The molecule has 1 aromatic rings. The van der Waals surface area contributed by atoms with Crippen LogP contribution in [-0.2, 0) is 6.54 Å². The Morgan fingerprint density at radius 3 is 2.31 bits per heavy atom. The van der Waals surface area contributed by atoms with Crippen LogP contribution in [0, 0.1) is 5.92 Å². The van der Waals surface area contributed by atoms with Crippen molar-refractivity contribution >= 4 is 29.9 Å². The van der Waals surface area contributed by atoms with Gasteiger partial charge in [0.1, 0.15) is 5.75 Å². The number of aliphatic imine (C=N–C) groups is 1. The first-order valence-corrected chi connectivity index (χ1v) is 10.6. The van der Waals surface area contributed by atoms with Gasteiger partial charge >= 0.3 is 0 Å². The van der Waals surface area contributed by atoms with Gasteiger partial charge in [-0.25, -0.2) is 0 Å². The first kappa shape index (κ1) is 26.0. The van der Waals surface area contributed by atoms with Gasteiger partial charge in [0.25, 0.3) is 0 Å². The Balaban J connectivity index is 0.00000420. The molecule has 1 atom stereocenters. The van der Waals surface area contributed by atoms with Gasteiger partial charge < -0.3 is 24.8 Å². The molecular weight excluding hydrogens is 477 g/mol. The largest absolute Gasteiger partial charge is 0.497 e. The van der Waals surface area contributed by atoms with Gasteiger partial charge in [-0.1, -0.05) is 26.0 Å². The molecule has 0 saturated carbocycles. The monoisotopic (exact) mass is 517 g/mol. The van der Waals surface area contributed by atoms with E-state index in [9.17, 15) is 0 Å². The molecule has 1 aliphatic heterocycles. The Labute approximate surface area is 194 Å². The van der Waals surface area contributed by atoms with Crippen molar-refractivity contribution in [1.82, 2.24) is 20.0 Å². The van der Waals surface area contributed by atoms with Crippen LogP contribution in [0.2, 0.25) is 0 Å². The lowest BCUT2D eigenvalue weighted by molar-refractivity contribution is 0.125. The van der Waals surface area contributed by atoms with Gasteiger partial charge in [-0.2, -0.15) is 0 Å². The van der Waals surface area contributed by atoms with Crippen LogP contribution >= 0.6 is 24.0 Å². The number of rotatable bonds is 9. The third-order valence-corrected chi connectivity index (χ3v) is 5.31. The highest BCUT2D eigenvalue weighted by atomic mass is 127. The maximum Gasteiger partial charge on any atom is 0.193 e. The van der Waals surface area contributed by atoms with Crippen molar-refractivity contribution in [3.05, 3.63) is 29.8 Å². The molecule has 2 rings (SSSR count). The number of methoxy groups -OCH3 is 1. The Morgan fingerprint density at radius 1 is 1.14 bits per heavy atom. The van der Waals surface area contributed by atoms with Crippen LogP contribution in [-0.4, -0.2) is 87.2 Å². The summed E-state index contributed by atoms with van der Waals surface area (Å²) in [6, 6.07) is 8.23. The number of halogens is 1. The van der Waals surface area contributed by atoms with Gasteiger partial charge in [0.05, 0.1) is 7.11 Å². The van der Waals surface area contributed by atoms with Gasteiger partial charge in [-0.3, -0.25) is 4.99 Å². The molecular formula is C22H40IN5O. The molecule has 1 saturated heterocycles. The summed E-state index contributed by atoms with van der Waals surface area (Å²) < 4.78 is 5.24. The van der Waals surface area contributed by atoms with Gasteiger partial charge in [-0.15, -0.1) is 24.0 Å². The minimum atomic E-state index is 0. The topological polar surface area (TPSA) is 43.3 Å². The number of hydrogen-bond donors (Lipinski definition) is 1. The predicted molar refractivity (Wildman–Crippen MR) is 134 cm³/mol. The highest BCUT2D eigenvalue weighted by Gasteiger charge is 2.17. The summed E-state index contributed by atoms with van der Waals surface area (Å²) in [5, 5.41) is 3.43. The van der Waals surface area contributed by atoms with Crippen LogP contribution in [0.15, 0.2) is 29.3 Å². The molecule has 1 aliphatic rings. The number of nitrogens with zero attached hydrogens (tertiary/aromatic N) is 4. The SMILES string of the molecule is CCNC(=NCC(C)CN1CCN(CC)CC1)N(C)Cc1ccc(OC)cc1.I. The molecule has 1 unspecified atom stereocenters. The summed E-state index contributed by atoms with van der Waals surface area (Å²) >= 11 is 0. The van der Waals surface area contributed by atoms with Crippen LogP contribution in [0.4, 0.5) is 0 Å². The zero-order valence-electron chi connectivity index (χ0n) is 18.9. The van der Waals surface area contributed by atoms with E-state index in [1.54, 1.807) is 7.11 Å². The minimum Gasteiger partial charge on any atom is -0.497 e. The minimum absolute atomic E-state index is 0. The Morgan fingerprint density at radius 2 is 1.76 bits per heavy atom. The summed E-state index contributed by atoms with van der Waals surface area (Å²) in [5.74, 6) is 2.41. The molecule has 6 nitrogen and oxygen atoms in total. The number of hydrogen-bond acceptors (Lipinski definition) is 4. The molecule has 1 N–H and O–H groups in total. The van der Waals surface area contributed by atoms with E-state index in [4.69, 9.17) is 9.73 Å². The fourth-order valence-corrected chi connectivity index (χ4v) is 3.58. The Kier molecular flexibility index (Phi) is 12.6. The zero-order chi connectivity index (χ0) is 20.4. The lowest BCUT2D eigenvalue weighted by atomic mass is 10.1. The second-order valence-electron chi connectivity index (χ2n) is 7.74. The van der Waals surface area contributed by atoms with Crippen LogP contribution in [0.25, 0.3) is 0 Å². The molecule has 1 fully saturated rings. The maximum absolute atomic E-state index is 5.24. The highest BCUT2D eigenvalue weighted by molar-refractivity contribution is 14.0. The molecule has 0 amide bonds. The van der Waals surface area contributed by atoms with Crippen molar-refractivity contribution < 1.29 is 4.74 Å². The van der Waals surface area contributed by atoms with Crippen LogP contribution in [0.1, 0.15) is 26.3 Å². The molecule has 0 aromatic heterocycles. The predicted octanol–water partition coefficient (Wildman–Crippen LogP) is 2.98. The third kappa shape index (κ3) is 9.09. The summed E-state index contributed by atoms with van der Waals surface area (Å²) in [7, 11) is 3.79. The number of benzene rings is 1. The van der Waals surface area contributed by atoms with E-state index in [0.29, 0.717) is 5.92 Å². The number of likely N-dealkylation sites (N-methyl/N-ethyl adjacent to an activating group) is 1. The van der Waals surface area contributed by atoms with Crippen molar-refractivity contribution in [3.8, 4) is 5.75 Å². The summed E-state index contributed by atoms with van der Waals surface area (Å²) in [5.41, 5.74) is 1.25. The van der Waals surface area contributed by atoms with E-state index in [2.05, 4.69) is 60.0 Å². The van der Waals surface area contributed by atoms with Crippen LogP contribution in [0.5, 0.6) is 5.75 Å². The lowest BCUT2D eigenvalue weighted by Crippen LogP contribution is -2.47. The second kappa shape index (κ2) is 14.0. The normalized spacial score (nSPS) is 16.8. The lowest BCUT2D eigenvalue weighted by Gasteiger charge is -2.35. The number of guanidine groups is 1. The molecule has 166 valence electrons. The van der Waals surface area contributed by atoms with Crippen molar-refractivity contribution in [1.29, 1.82) is 0 Å². The fraction of sp³-hybridized carbons (Fsp3) is 0.682. The molecule has 0 radical (unpaired) electrons. The molecule has 0 aliphatic carbocycles.